The van der Waals surface area contributed by atoms with Crippen molar-refractivity contribution in [3.8, 4) is 0 Å². The smallest absolute Gasteiger partial charge is 0.417 e. The first-order valence-electron chi connectivity index (χ1n) is 5.90. The maximum Gasteiger partial charge on any atom is 0.417 e. The molecule has 6 heteroatoms. The molecule has 0 heterocycles. The van der Waals surface area contributed by atoms with Gasteiger partial charge in [0.2, 0.25) is 0 Å². The van der Waals surface area contributed by atoms with Crippen LogP contribution < -0.4 is 4.90 Å². The molecule has 0 N–H and O–H groups in total. The first-order chi connectivity index (χ1) is 8.86. The summed E-state index contributed by atoms with van der Waals surface area (Å²) in [6.45, 7) is 4.62. The Morgan fingerprint density at radius 1 is 1.26 bits per heavy atom. The van der Waals surface area contributed by atoms with Crippen molar-refractivity contribution in [1.29, 1.82) is 0 Å². The molecule has 0 atom stereocenters. The molecule has 0 aliphatic heterocycles. The van der Waals surface area contributed by atoms with Gasteiger partial charge in [-0.2, -0.15) is 13.2 Å². The van der Waals surface area contributed by atoms with Crippen molar-refractivity contribution in [2.45, 2.75) is 20.0 Å². The molecule has 0 aromatic heterocycles. The van der Waals surface area contributed by atoms with Crippen LogP contribution in [0.3, 0.4) is 0 Å². The monoisotopic (exact) mass is 275 g/mol. The van der Waals surface area contributed by atoms with Crippen molar-refractivity contribution >= 4 is 11.7 Å². The Morgan fingerprint density at radius 3 is 2.26 bits per heavy atom. The quantitative estimate of drug-likeness (QED) is 0.789. The summed E-state index contributed by atoms with van der Waals surface area (Å²) in [5.74, 6) is -0.977. The number of halogens is 3. The molecular formula is C13H16F3NO2. The Hall–Kier alpha value is -1.72. The van der Waals surface area contributed by atoms with Gasteiger partial charge in [-0.15, -0.1) is 0 Å². The van der Waals surface area contributed by atoms with Gasteiger partial charge in [0.15, 0.2) is 0 Å². The number of rotatable bonds is 4. The Kier molecular flexibility index (Phi) is 4.80. The summed E-state index contributed by atoms with van der Waals surface area (Å²) in [7, 11) is 1.07. The Morgan fingerprint density at radius 2 is 1.84 bits per heavy atom. The van der Waals surface area contributed by atoms with Crippen molar-refractivity contribution in [3.63, 3.8) is 0 Å². The van der Waals surface area contributed by atoms with E-state index in [1.807, 2.05) is 13.8 Å². The van der Waals surface area contributed by atoms with Gasteiger partial charge in [0.25, 0.3) is 0 Å². The van der Waals surface area contributed by atoms with Crippen LogP contribution in [0.2, 0.25) is 0 Å². The predicted molar refractivity (Wildman–Crippen MR) is 66.3 cm³/mol. The maximum atomic E-state index is 13.0. The summed E-state index contributed by atoms with van der Waals surface area (Å²) < 4.78 is 43.4. The minimum absolute atomic E-state index is 0.242. The molecule has 0 fully saturated rings. The highest BCUT2D eigenvalue weighted by Gasteiger charge is 2.37. The van der Waals surface area contributed by atoms with E-state index in [4.69, 9.17) is 0 Å². The minimum Gasteiger partial charge on any atom is -0.465 e. The van der Waals surface area contributed by atoms with Crippen molar-refractivity contribution in [2.24, 2.45) is 0 Å². The minimum atomic E-state index is -4.59. The van der Waals surface area contributed by atoms with Gasteiger partial charge in [0.1, 0.15) is 0 Å². The van der Waals surface area contributed by atoms with Crippen LogP contribution in [0.5, 0.6) is 0 Å². The zero-order valence-electron chi connectivity index (χ0n) is 11.0. The van der Waals surface area contributed by atoms with E-state index in [1.165, 1.54) is 12.1 Å². The number of nitrogens with zero attached hydrogens (tertiary/aromatic N) is 1. The first kappa shape index (κ1) is 15.3. The van der Waals surface area contributed by atoms with Crippen LogP contribution in [0.25, 0.3) is 0 Å². The molecule has 1 rings (SSSR count). The number of esters is 1. The second-order valence-corrected chi connectivity index (χ2v) is 3.86. The first-order valence-corrected chi connectivity index (χ1v) is 5.90. The molecule has 3 nitrogen and oxygen atoms in total. The summed E-state index contributed by atoms with van der Waals surface area (Å²) in [6, 6.07) is 3.68. The van der Waals surface area contributed by atoms with E-state index in [1.54, 1.807) is 4.90 Å². The molecule has 0 spiro atoms. The fraction of sp³-hybridized carbons (Fsp3) is 0.462. The summed E-state index contributed by atoms with van der Waals surface area (Å²) >= 11 is 0. The van der Waals surface area contributed by atoms with Crippen LogP contribution in [0.4, 0.5) is 18.9 Å². The zero-order valence-corrected chi connectivity index (χ0v) is 11.0. The molecular weight excluding hydrogens is 259 g/mol. The third-order valence-electron chi connectivity index (χ3n) is 2.84. The van der Waals surface area contributed by atoms with E-state index in [0.29, 0.717) is 13.1 Å². The number of hydrogen-bond acceptors (Lipinski definition) is 3. The molecule has 0 aliphatic carbocycles. The van der Waals surface area contributed by atoms with Gasteiger partial charge in [0.05, 0.1) is 23.9 Å². The highest BCUT2D eigenvalue weighted by Crippen LogP contribution is 2.36. The number of ether oxygens (including phenoxy) is 1. The number of anilines is 1. The maximum absolute atomic E-state index is 13.0. The van der Waals surface area contributed by atoms with Crippen molar-refractivity contribution in [2.75, 3.05) is 25.1 Å². The third kappa shape index (κ3) is 3.19. The number of alkyl halides is 3. The molecule has 0 amide bonds. The topological polar surface area (TPSA) is 29.5 Å². The lowest BCUT2D eigenvalue weighted by Gasteiger charge is -2.25. The van der Waals surface area contributed by atoms with Crippen LogP contribution in [-0.2, 0) is 10.9 Å². The molecule has 1 aromatic rings. The number of carbonyl (C=O) groups is 1. The average molecular weight is 275 g/mol. The predicted octanol–water partition coefficient (Wildman–Crippen LogP) is 3.34. The van der Waals surface area contributed by atoms with Crippen LogP contribution in [0, 0.1) is 0 Å². The van der Waals surface area contributed by atoms with Crippen LogP contribution in [-0.4, -0.2) is 26.2 Å². The number of benzene rings is 1. The van der Waals surface area contributed by atoms with Gasteiger partial charge in [-0.05, 0) is 26.0 Å². The van der Waals surface area contributed by atoms with Gasteiger partial charge in [-0.3, -0.25) is 0 Å². The fourth-order valence-corrected chi connectivity index (χ4v) is 1.92. The van der Waals surface area contributed by atoms with Gasteiger partial charge < -0.3 is 9.64 Å². The van der Waals surface area contributed by atoms with Gasteiger partial charge in [-0.25, -0.2) is 4.79 Å². The molecule has 19 heavy (non-hydrogen) atoms. The van der Waals surface area contributed by atoms with Crippen molar-refractivity contribution < 1.29 is 22.7 Å². The lowest BCUT2D eigenvalue weighted by molar-refractivity contribution is -0.138. The third-order valence-corrected chi connectivity index (χ3v) is 2.84. The number of carbonyl (C=O) groups excluding carboxylic acids is 1. The summed E-state index contributed by atoms with van der Waals surface area (Å²) in [4.78, 5) is 13.4. The molecule has 0 radical (unpaired) electrons. The second kappa shape index (κ2) is 5.95. The molecule has 106 valence electrons. The molecule has 0 unspecified atom stereocenters. The van der Waals surface area contributed by atoms with E-state index < -0.39 is 23.3 Å². The van der Waals surface area contributed by atoms with E-state index in [9.17, 15) is 18.0 Å². The Balaban J connectivity index is 3.51. The standard InChI is InChI=1S/C13H16F3NO2/c1-4-17(5-2)10-8-6-7-9(13(14,15)16)11(10)12(18)19-3/h6-8H,4-5H2,1-3H3. The van der Waals surface area contributed by atoms with E-state index in [0.717, 1.165) is 13.2 Å². The lowest BCUT2D eigenvalue weighted by atomic mass is 10.0. The van der Waals surface area contributed by atoms with Gasteiger partial charge >= 0.3 is 12.1 Å². The largest absolute Gasteiger partial charge is 0.465 e. The van der Waals surface area contributed by atoms with Crippen LogP contribution >= 0.6 is 0 Å². The highest BCUT2D eigenvalue weighted by atomic mass is 19.4. The average Bonchev–Trinajstić information content (AvgIpc) is 2.38. The fourth-order valence-electron chi connectivity index (χ4n) is 1.92. The Labute approximate surface area is 110 Å². The zero-order chi connectivity index (χ0) is 14.6. The number of methoxy groups -OCH3 is 1. The molecule has 0 aliphatic rings. The van der Waals surface area contributed by atoms with E-state index in [2.05, 4.69) is 4.74 Å². The molecule has 0 bridgehead atoms. The van der Waals surface area contributed by atoms with E-state index >= 15 is 0 Å². The lowest BCUT2D eigenvalue weighted by Crippen LogP contribution is -2.26. The number of hydrogen-bond donors (Lipinski definition) is 0. The summed E-state index contributed by atoms with van der Waals surface area (Å²) in [6.07, 6.45) is -4.59. The normalized spacial score (nSPS) is 11.3. The van der Waals surface area contributed by atoms with Crippen molar-refractivity contribution in [1.82, 2.24) is 0 Å². The molecule has 1 aromatic carbocycles. The van der Waals surface area contributed by atoms with Crippen LogP contribution in [0.15, 0.2) is 18.2 Å². The highest BCUT2D eigenvalue weighted by molar-refractivity contribution is 5.97. The van der Waals surface area contributed by atoms with Crippen molar-refractivity contribution in [3.05, 3.63) is 29.3 Å². The summed E-state index contributed by atoms with van der Waals surface area (Å²) in [5, 5.41) is 0. The van der Waals surface area contributed by atoms with Crippen LogP contribution in [0.1, 0.15) is 29.8 Å². The van der Waals surface area contributed by atoms with Gasteiger partial charge in [0, 0.05) is 13.1 Å². The SMILES string of the molecule is CCN(CC)c1cccc(C(F)(F)F)c1C(=O)OC. The van der Waals surface area contributed by atoms with E-state index in [-0.39, 0.29) is 5.69 Å². The molecule has 0 saturated heterocycles. The summed E-state index contributed by atoms with van der Waals surface area (Å²) in [5.41, 5.74) is -1.16. The second-order valence-electron chi connectivity index (χ2n) is 3.86. The molecule has 0 saturated carbocycles. The Bertz CT molecular complexity index is 454. The van der Waals surface area contributed by atoms with Gasteiger partial charge in [-0.1, -0.05) is 6.07 Å².